The molecule has 4 rings (SSSR count). The summed E-state index contributed by atoms with van der Waals surface area (Å²) in [6.07, 6.45) is -1.28. The molecule has 1 aromatic carbocycles. The summed E-state index contributed by atoms with van der Waals surface area (Å²) in [5.41, 5.74) is 2.19. The van der Waals surface area contributed by atoms with Crippen molar-refractivity contribution in [1.82, 2.24) is 19.4 Å². The van der Waals surface area contributed by atoms with Gasteiger partial charge < -0.3 is 15.0 Å². The van der Waals surface area contributed by atoms with E-state index in [0.717, 1.165) is 29.8 Å². The van der Waals surface area contributed by atoms with Crippen molar-refractivity contribution in [3.05, 3.63) is 71.4 Å². The molecular formula is C30H29F3N6O3. The van der Waals surface area contributed by atoms with Crippen molar-refractivity contribution in [2.24, 2.45) is 4.99 Å². The number of methoxy groups -OCH3 is 1. The minimum absolute atomic E-state index is 0.0739. The molecule has 0 bridgehead atoms. The normalized spacial score (nSPS) is 15.2. The predicted octanol–water partition coefficient (Wildman–Crippen LogP) is 5.01. The molecule has 1 saturated heterocycles. The number of alkyl halides is 3. The molecule has 2 amide bonds. The highest BCUT2D eigenvalue weighted by Gasteiger charge is 2.33. The van der Waals surface area contributed by atoms with E-state index < -0.39 is 17.6 Å². The van der Waals surface area contributed by atoms with Crippen LogP contribution in [0.4, 0.5) is 19.0 Å². The summed E-state index contributed by atoms with van der Waals surface area (Å²) in [5, 5.41) is 2.41. The van der Waals surface area contributed by atoms with Gasteiger partial charge in [0.25, 0.3) is 11.8 Å². The molecule has 42 heavy (non-hydrogen) atoms. The zero-order valence-corrected chi connectivity index (χ0v) is 23.3. The molecule has 3 heterocycles. The molecule has 3 aromatic rings. The number of halogens is 3. The average Bonchev–Trinajstić information content (AvgIpc) is 3.58. The summed E-state index contributed by atoms with van der Waals surface area (Å²) >= 11 is 0. The lowest BCUT2D eigenvalue weighted by atomic mass is 10.1. The van der Waals surface area contributed by atoms with Gasteiger partial charge in [-0.15, -0.1) is 0 Å². The fraction of sp³-hybridized carbons (Fsp3) is 0.300. The smallest absolute Gasteiger partial charge is 0.378 e. The van der Waals surface area contributed by atoms with Crippen LogP contribution in [0.25, 0.3) is 17.0 Å². The molecule has 2 aromatic heterocycles. The van der Waals surface area contributed by atoms with Gasteiger partial charge in [-0.2, -0.15) is 13.2 Å². The van der Waals surface area contributed by atoms with Crippen LogP contribution in [0.5, 0.6) is 0 Å². The van der Waals surface area contributed by atoms with Crippen molar-refractivity contribution in [2.75, 3.05) is 32.1 Å². The van der Waals surface area contributed by atoms with Crippen molar-refractivity contribution < 1.29 is 27.5 Å². The molecule has 12 heteroatoms. The number of anilines is 1. The summed E-state index contributed by atoms with van der Waals surface area (Å²) < 4.78 is 46.4. The fourth-order valence-electron chi connectivity index (χ4n) is 4.83. The molecule has 0 spiro atoms. The maximum absolute atomic E-state index is 13.0. The first-order chi connectivity index (χ1) is 20.1. The Hall–Kier alpha value is -4.76. The number of aliphatic imine (C=N–C) groups is 1. The summed E-state index contributed by atoms with van der Waals surface area (Å²) in [5.74, 6) is 4.84. The highest BCUT2D eigenvalue weighted by atomic mass is 19.4. The van der Waals surface area contributed by atoms with E-state index in [4.69, 9.17) is 9.72 Å². The predicted molar refractivity (Wildman–Crippen MR) is 153 cm³/mol. The lowest BCUT2D eigenvalue weighted by Crippen LogP contribution is -2.27. The van der Waals surface area contributed by atoms with E-state index in [9.17, 15) is 22.8 Å². The molecule has 0 saturated carbocycles. The van der Waals surface area contributed by atoms with Gasteiger partial charge in [0.05, 0.1) is 23.6 Å². The minimum atomic E-state index is -4.56. The Labute approximate surface area is 241 Å². The zero-order chi connectivity index (χ0) is 30.4. The zero-order valence-electron chi connectivity index (χ0n) is 23.3. The second kappa shape index (κ2) is 12.8. The van der Waals surface area contributed by atoms with Gasteiger partial charge in [0.2, 0.25) is 0 Å². The van der Waals surface area contributed by atoms with Gasteiger partial charge in [0.15, 0.2) is 0 Å². The van der Waals surface area contributed by atoms with Crippen molar-refractivity contribution in [1.29, 1.82) is 0 Å². The standard InChI is InChI=1S/C30H29F3N6O3/c1-5-6-26(40)38-14-12-22(17-38)28-37-27(19(2)39(28)24(16-34-3)18-42-4)20-7-9-21(10-8-20)29(41)36-25-15-23(11-13-35-25)30(31,32)33/h7-11,13,15-16,22H,3,12,14,17-18H2,1-2,4H3,(H,35,36,41)/b24-16-/t22-/m1/s1. The summed E-state index contributed by atoms with van der Waals surface area (Å²) in [4.78, 5) is 39.6. The van der Waals surface area contributed by atoms with Gasteiger partial charge in [-0.05, 0) is 57.2 Å². The molecule has 0 aliphatic carbocycles. The van der Waals surface area contributed by atoms with Crippen LogP contribution in [0, 0.1) is 18.8 Å². The van der Waals surface area contributed by atoms with Crippen LogP contribution in [0.2, 0.25) is 0 Å². The van der Waals surface area contributed by atoms with E-state index in [1.807, 2.05) is 11.5 Å². The van der Waals surface area contributed by atoms with Crippen LogP contribution in [0.1, 0.15) is 46.7 Å². The Morgan fingerprint density at radius 1 is 1.26 bits per heavy atom. The number of likely N-dealkylation sites (tertiary alicyclic amines) is 1. The fourth-order valence-corrected chi connectivity index (χ4v) is 4.83. The first-order valence-electron chi connectivity index (χ1n) is 13.0. The van der Waals surface area contributed by atoms with Crippen molar-refractivity contribution in [3.8, 4) is 23.1 Å². The number of imidazole rings is 1. The van der Waals surface area contributed by atoms with E-state index >= 15 is 0 Å². The third kappa shape index (κ3) is 6.58. The third-order valence-corrected chi connectivity index (χ3v) is 6.78. The molecule has 9 nitrogen and oxygen atoms in total. The summed E-state index contributed by atoms with van der Waals surface area (Å²) in [6, 6.07) is 8.16. The van der Waals surface area contributed by atoms with Gasteiger partial charge in [-0.3, -0.25) is 19.1 Å². The number of ether oxygens (including phenoxy) is 1. The molecule has 1 aliphatic rings. The monoisotopic (exact) mass is 578 g/mol. The van der Waals surface area contributed by atoms with Crippen LogP contribution < -0.4 is 5.32 Å². The third-order valence-electron chi connectivity index (χ3n) is 6.78. The Morgan fingerprint density at radius 2 is 2.00 bits per heavy atom. The topological polar surface area (TPSA) is 102 Å². The van der Waals surface area contributed by atoms with E-state index in [0.29, 0.717) is 36.5 Å². The molecular weight excluding hydrogens is 549 g/mol. The summed E-state index contributed by atoms with van der Waals surface area (Å²) in [7, 11) is 1.57. The number of nitrogens with zero attached hydrogens (tertiary/aromatic N) is 5. The van der Waals surface area contributed by atoms with E-state index in [2.05, 4.69) is 33.9 Å². The quantitative estimate of drug-likeness (QED) is 0.299. The SMILES string of the molecule is C=N/C=C(/COC)n1c([C@@H]2CCN(C(=O)C#CC)C2)nc(-c2ccc(C(=O)Nc3cc(C(F)(F)F)ccn3)cc2)c1C. The number of hydrogen-bond donors (Lipinski definition) is 1. The number of benzene rings is 1. The van der Waals surface area contributed by atoms with Gasteiger partial charge in [0, 0.05) is 55.3 Å². The van der Waals surface area contributed by atoms with Crippen LogP contribution >= 0.6 is 0 Å². The molecule has 1 N–H and O–H groups in total. The number of pyridine rings is 1. The maximum atomic E-state index is 13.0. The number of hydrogen-bond acceptors (Lipinski definition) is 6. The number of rotatable bonds is 8. The molecule has 0 radical (unpaired) electrons. The van der Waals surface area contributed by atoms with Crippen molar-refractivity contribution in [3.63, 3.8) is 0 Å². The van der Waals surface area contributed by atoms with Gasteiger partial charge in [-0.25, -0.2) is 9.97 Å². The Bertz CT molecular complexity index is 1580. The first-order valence-corrected chi connectivity index (χ1v) is 13.0. The highest BCUT2D eigenvalue weighted by Crippen LogP contribution is 2.34. The van der Waals surface area contributed by atoms with Gasteiger partial charge >= 0.3 is 6.18 Å². The molecule has 218 valence electrons. The van der Waals surface area contributed by atoms with Crippen LogP contribution in [-0.4, -0.2) is 64.8 Å². The van der Waals surface area contributed by atoms with Crippen LogP contribution in [0.3, 0.4) is 0 Å². The first kappa shape index (κ1) is 30.2. The Balaban J connectivity index is 1.65. The number of aromatic nitrogens is 3. The molecule has 1 aliphatic heterocycles. The lowest BCUT2D eigenvalue weighted by Gasteiger charge is -2.17. The summed E-state index contributed by atoms with van der Waals surface area (Å²) in [6.45, 7) is 8.34. The molecule has 1 atom stereocenters. The van der Waals surface area contributed by atoms with Crippen molar-refractivity contribution >= 4 is 30.0 Å². The molecule has 1 fully saturated rings. The molecule has 0 unspecified atom stereocenters. The second-order valence-corrected chi connectivity index (χ2v) is 9.55. The Morgan fingerprint density at radius 3 is 2.64 bits per heavy atom. The van der Waals surface area contributed by atoms with E-state index in [-0.39, 0.29) is 29.8 Å². The largest absolute Gasteiger partial charge is 0.416 e. The van der Waals surface area contributed by atoms with Crippen molar-refractivity contribution in [2.45, 2.75) is 32.4 Å². The minimum Gasteiger partial charge on any atom is -0.378 e. The van der Waals surface area contributed by atoms with Crippen LogP contribution in [-0.2, 0) is 15.7 Å². The maximum Gasteiger partial charge on any atom is 0.416 e. The van der Waals surface area contributed by atoms with Gasteiger partial charge in [-0.1, -0.05) is 18.1 Å². The number of carbonyl (C=O) groups excluding carboxylic acids is 2. The lowest BCUT2D eigenvalue weighted by molar-refractivity contribution is -0.137. The average molecular weight is 579 g/mol. The van der Waals surface area contributed by atoms with Gasteiger partial charge in [0.1, 0.15) is 11.6 Å². The second-order valence-electron chi connectivity index (χ2n) is 9.55. The number of nitrogens with one attached hydrogen (secondary N) is 1. The van der Waals surface area contributed by atoms with E-state index in [1.54, 1.807) is 49.4 Å². The highest BCUT2D eigenvalue weighted by molar-refractivity contribution is 6.04. The Kier molecular flexibility index (Phi) is 9.22. The van der Waals surface area contributed by atoms with E-state index in [1.165, 1.54) is 0 Å². The number of amides is 2. The number of carbonyl (C=O) groups is 2. The van der Waals surface area contributed by atoms with Crippen LogP contribution in [0.15, 0.2) is 53.8 Å².